The van der Waals surface area contributed by atoms with Crippen molar-refractivity contribution in [1.29, 1.82) is 0 Å². The maximum atomic E-state index is 9.19. The van der Waals surface area contributed by atoms with Gasteiger partial charge in [0.1, 0.15) is 6.54 Å². The van der Waals surface area contributed by atoms with Gasteiger partial charge in [-0.25, -0.2) is 0 Å². The van der Waals surface area contributed by atoms with Crippen LogP contribution in [-0.2, 0) is 10.1 Å². The molecule has 0 amide bonds. The van der Waals surface area contributed by atoms with Gasteiger partial charge in [0.15, 0.2) is 0 Å². The Morgan fingerprint density at radius 2 is 1.50 bits per heavy atom. The zero-order chi connectivity index (χ0) is 10.4. The molecule has 0 saturated heterocycles. The summed E-state index contributed by atoms with van der Waals surface area (Å²) in [6, 6.07) is 0. The number of rotatable bonds is 2. The summed E-state index contributed by atoms with van der Waals surface area (Å²) in [5, 5.41) is 8.39. The number of aliphatic hydroxyl groups is 1. The van der Waals surface area contributed by atoms with Crippen molar-refractivity contribution in [3.05, 3.63) is 0 Å². The number of likely N-dealkylation sites (N-methyl/N-ethyl adjacent to an activating group) is 1. The first kappa shape index (κ1) is 14.4. The van der Waals surface area contributed by atoms with Crippen LogP contribution in [0.15, 0.2) is 0 Å². The molecular formula is C6H18NO4S+. The van der Waals surface area contributed by atoms with Crippen LogP contribution in [0.4, 0.5) is 0 Å². The first-order valence-electron chi connectivity index (χ1n) is 3.40. The van der Waals surface area contributed by atoms with E-state index in [1.165, 1.54) is 0 Å². The number of hydrogen-bond acceptors (Lipinski definition) is 3. The summed E-state index contributed by atoms with van der Waals surface area (Å²) in [6.07, 6.45) is 0.715. The molecule has 0 aliphatic carbocycles. The lowest BCUT2D eigenvalue weighted by Crippen LogP contribution is -2.36. The number of quaternary nitrogens is 1. The average Bonchev–Trinajstić information content (AvgIpc) is 1.54. The van der Waals surface area contributed by atoms with E-state index in [2.05, 4.69) is 21.1 Å². The second-order valence-corrected chi connectivity index (χ2v) is 4.94. The lowest BCUT2D eigenvalue weighted by molar-refractivity contribution is -0.870. The third kappa shape index (κ3) is 52.2. The van der Waals surface area contributed by atoms with Gasteiger partial charge in [-0.1, -0.05) is 0 Å². The fraction of sp³-hybridized carbons (Fsp3) is 1.00. The van der Waals surface area contributed by atoms with E-state index in [1.54, 1.807) is 0 Å². The Bertz CT molecular complexity index is 184. The molecule has 0 spiro atoms. The highest BCUT2D eigenvalue weighted by Gasteiger charge is 2.02. The van der Waals surface area contributed by atoms with Crippen LogP contribution in [0.3, 0.4) is 0 Å². The third-order valence-corrected chi connectivity index (χ3v) is 0.771. The molecule has 12 heavy (non-hydrogen) atoms. The first-order valence-corrected chi connectivity index (χ1v) is 5.25. The molecule has 0 fully saturated rings. The summed E-state index contributed by atoms with van der Waals surface area (Å²) >= 11 is 0. The van der Waals surface area contributed by atoms with Crippen LogP contribution in [0, 0.1) is 0 Å². The maximum Gasteiger partial charge on any atom is 0.261 e. The highest BCUT2D eigenvalue weighted by Crippen LogP contribution is 1.84. The molecular weight excluding hydrogens is 182 g/mol. The highest BCUT2D eigenvalue weighted by atomic mass is 32.2. The second kappa shape index (κ2) is 5.47. The van der Waals surface area contributed by atoms with E-state index in [4.69, 9.17) is 9.66 Å². The molecule has 0 aromatic carbocycles. The Morgan fingerprint density at radius 1 is 1.25 bits per heavy atom. The minimum Gasteiger partial charge on any atom is -0.391 e. The van der Waals surface area contributed by atoms with Gasteiger partial charge in [-0.05, 0) is 0 Å². The van der Waals surface area contributed by atoms with E-state index in [0.717, 1.165) is 11.0 Å². The monoisotopic (exact) mass is 200 g/mol. The van der Waals surface area contributed by atoms with Gasteiger partial charge in [0.05, 0.1) is 34.0 Å². The van der Waals surface area contributed by atoms with Gasteiger partial charge in [-0.3, -0.25) is 4.55 Å². The second-order valence-electron chi connectivity index (χ2n) is 3.47. The minimum atomic E-state index is -3.67. The predicted molar refractivity (Wildman–Crippen MR) is 47.5 cm³/mol. The molecule has 0 aliphatic rings. The lowest BCUT2D eigenvalue weighted by Gasteiger charge is -2.21. The van der Waals surface area contributed by atoms with E-state index in [1.807, 2.05) is 0 Å². The third-order valence-electron chi connectivity index (χ3n) is 0.771. The van der Waals surface area contributed by atoms with Crippen molar-refractivity contribution < 1.29 is 22.6 Å². The standard InChI is InChI=1S/C5H14NO.CH4O3S/c1-6(2,3)4-5-7;1-5(2,3)4/h7H,4-5H2,1-3H3;1H3,(H,2,3,4)/q+1;. The average molecular weight is 200 g/mol. The van der Waals surface area contributed by atoms with Crippen LogP contribution >= 0.6 is 0 Å². The molecule has 0 unspecified atom stereocenters. The van der Waals surface area contributed by atoms with Crippen molar-refractivity contribution in [2.45, 2.75) is 0 Å². The molecule has 0 radical (unpaired) electrons. The largest absolute Gasteiger partial charge is 0.391 e. The molecule has 76 valence electrons. The van der Waals surface area contributed by atoms with Gasteiger partial charge < -0.3 is 9.59 Å². The summed E-state index contributed by atoms with van der Waals surface area (Å²) in [5.41, 5.74) is 0. The molecule has 0 saturated carbocycles. The zero-order valence-corrected chi connectivity index (χ0v) is 8.80. The van der Waals surface area contributed by atoms with E-state index < -0.39 is 10.1 Å². The van der Waals surface area contributed by atoms with Crippen LogP contribution in [0.1, 0.15) is 0 Å². The Balaban J connectivity index is 0. The van der Waals surface area contributed by atoms with E-state index in [9.17, 15) is 8.42 Å². The molecule has 6 heteroatoms. The Kier molecular flexibility index (Phi) is 6.55. The summed E-state index contributed by atoms with van der Waals surface area (Å²) in [5.74, 6) is 0. The number of nitrogens with zero attached hydrogens (tertiary/aromatic N) is 1. The first-order chi connectivity index (χ1) is 5.06. The van der Waals surface area contributed by atoms with Crippen molar-refractivity contribution >= 4 is 10.1 Å². The highest BCUT2D eigenvalue weighted by molar-refractivity contribution is 7.85. The zero-order valence-electron chi connectivity index (χ0n) is 7.98. The van der Waals surface area contributed by atoms with E-state index >= 15 is 0 Å². The van der Waals surface area contributed by atoms with Crippen molar-refractivity contribution in [2.24, 2.45) is 0 Å². The molecule has 0 rings (SSSR count). The van der Waals surface area contributed by atoms with Gasteiger partial charge >= 0.3 is 0 Å². The normalized spacial score (nSPS) is 11.8. The van der Waals surface area contributed by atoms with Gasteiger partial charge in [0, 0.05) is 0 Å². The molecule has 0 heterocycles. The summed E-state index contributed by atoms with van der Waals surface area (Å²) in [6.45, 7) is 1.11. The van der Waals surface area contributed by atoms with Crippen LogP contribution in [0.2, 0.25) is 0 Å². The van der Waals surface area contributed by atoms with E-state index in [-0.39, 0.29) is 6.61 Å². The fourth-order valence-electron chi connectivity index (χ4n) is 0.300. The predicted octanol–water partition coefficient (Wildman–Crippen LogP) is -0.811. The van der Waals surface area contributed by atoms with Gasteiger partial charge in [0.25, 0.3) is 10.1 Å². The van der Waals surface area contributed by atoms with Crippen molar-refractivity contribution in [3.63, 3.8) is 0 Å². The quantitative estimate of drug-likeness (QED) is 0.451. The number of aliphatic hydroxyl groups excluding tert-OH is 1. The van der Waals surface area contributed by atoms with Crippen molar-refractivity contribution in [2.75, 3.05) is 40.6 Å². The molecule has 0 atom stereocenters. The summed E-state index contributed by atoms with van der Waals surface area (Å²) < 4.78 is 26.7. The molecule has 0 bridgehead atoms. The van der Waals surface area contributed by atoms with Crippen LogP contribution < -0.4 is 0 Å². The van der Waals surface area contributed by atoms with Gasteiger partial charge in [0.2, 0.25) is 0 Å². The van der Waals surface area contributed by atoms with Crippen molar-refractivity contribution in [1.82, 2.24) is 0 Å². The molecule has 5 nitrogen and oxygen atoms in total. The SMILES string of the molecule is CS(=O)(=O)O.C[N+](C)(C)CCO. The Hall–Kier alpha value is -0.170. The fourth-order valence-corrected chi connectivity index (χ4v) is 0.300. The molecule has 0 aromatic heterocycles. The summed E-state index contributed by atoms with van der Waals surface area (Å²) in [7, 11) is 2.49. The maximum absolute atomic E-state index is 9.19. The minimum absolute atomic E-state index is 0.281. The molecule has 2 N–H and O–H groups in total. The lowest BCUT2D eigenvalue weighted by atomic mass is 10.5. The Labute approximate surface area is 74.0 Å². The van der Waals surface area contributed by atoms with Gasteiger partial charge in [-0.15, -0.1) is 0 Å². The molecule has 0 aromatic rings. The molecule has 0 aliphatic heterocycles. The van der Waals surface area contributed by atoms with Crippen LogP contribution in [0.5, 0.6) is 0 Å². The van der Waals surface area contributed by atoms with Gasteiger partial charge in [-0.2, -0.15) is 8.42 Å². The smallest absolute Gasteiger partial charge is 0.261 e. The van der Waals surface area contributed by atoms with Crippen LogP contribution in [0.25, 0.3) is 0 Å². The van der Waals surface area contributed by atoms with Crippen LogP contribution in [-0.4, -0.2) is 63.1 Å². The summed E-state index contributed by atoms with van der Waals surface area (Å²) in [4.78, 5) is 0. The topological polar surface area (TPSA) is 74.6 Å². The van der Waals surface area contributed by atoms with E-state index in [0.29, 0.717) is 6.26 Å². The van der Waals surface area contributed by atoms with Crippen molar-refractivity contribution in [3.8, 4) is 0 Å². The number of hydrogen-bond donors (Lipinski definition) is 2. The Morgan fingerprint density at radius 3 is 1.50 bits per heavy atom.